The Morgan fingerprint density at radius 2 is 2.29 bits per heavy atom. The van der Waals surface area contributed by atoms with E-state index in [2.05, 4.69) is 5.32 Å². The lowest BCUT2D eigenvalue weighted by atomic mass is 10.3. The van der Waals surface area contributed by atoms with E-state index in [9.17, 15) is 4.79 Å². The van der Waals surface area contributed by atoms with E-state index in [0.717, 1.165) is 19.3 Å². The first-order valence-corrected chi connectivity index (χ1v) is 6.36. The zero-order valence-corrected chi connectivity index (χ0v) is 10.4. The Labute approximate surface area is 106 Å². The summed E-state index contributed by atoms with van der Waals surface area (Å²) in [5, 5.41) is 12.1. The highest BCUT2D eigenvalue weighted by Crippen LogP contribution is 2.37. The van der Waals surface area contributed by atoms with Gasteiger partial charge in [-0.3, -0.25) is 4.79 Å². The third kappa shape index (κ3) is 3.23. The molecule has 0 radical (unpaired) electrons. The molecule has 0 saturated heterocycles. The summed E-state index contributed by atoms with van der Waals surface area (Å²) in [4.78, 5) is 11.9. The van der Waals surface area contributed by atoms with Gasteiger partial charge in [-0.05, 0) is 31.7 Å². The molecule has 94 valence electrons. The Balaban J connectivity index is 1.93. The van der Waals surface area contributed by atoms with Gasteiger partial charge in [-0.1, -0.05) is 11.6 Å². The predicted molar refractivity (Wildman–Crippen MR) is 66.4 cm³/mol. The summed E-state index contributed by atoms with van der Waals surface area (Å²) in [6.07, 6.45) is 5.57. The molecule has 4 nitrogen and oxygen atoms in total. The number of carbonyl (C=O) groups is 1. The number of amides is 1. The molecule has 1 saturated carbocycles. The van der Waals surface area contributed by atoms with E-state index in [1.54, 1.807) is 6.07 Å². The number of aliphatic hydroxyl groups excluding tert-OH is 1. The first kappa shape index (κ1) is 12.5. The van der Waals surface area contributed by atoms with Gasteiger partial charge < -0.3 is 15.0 Å². The Morgan fingerprint density at radius 3 is 2.94 bits per heavy atom. The summed E-state index contributed by atoms with van der Waals surface area (Å²) in [5.74, 6) is -0.0817. The Kier molecular flexibility index (Phi) is 4.07. The van der Waals surface area contributed by atoms with Crippen LogP contribution in [0.25, 0.3) is 0 Å². The van der Waals surface area contributed by atoms with E-state index in [1.165, 1.54) is 0 Å². The van der Waals surface area contributed by atoms with Crippen molar-refractivity contribution in [1.29, 1.82) is 0 Å². The number of aliphatic hydroxyl groups is 1. The van der Waals surface area contributed by atoms with Gasteiger partial charge in [0.15, 0.2) is 0 Å². The van der Waals surface area contributed by atoms with Crippen molar-refractivity contribution in [3.8, 4) is 0 Å². The first-order chi connectivity index (χ1) is 8.22. The average Bonchev–Trinajstić information content (AvgIpc) is 3.08. The number of aromatic nitrogens is 1. The van der Waals surface area contributed by atoms with Gasteiger partial charge in [-0.15, -0.1) is 0 Å². The van der Waals surface area contributed by atoms with Crippen LogP contribution in [0.4, 0.5) is 0 Å². The molecule has 2 N–H and O–H groups in total. The second-order valence-corrected chi connectivity index (χ2v) is 4.81. The normalized spacial score (nSPS) is 14.9. The first-order valence-electron chi connectivity index (χ1n) is 5.99. The van der Waals surface area contributed by atoms with Crippen LogP contribution >= 0.6 is 11.6 Å². The monoisotopic (exact) mass is 256 g/mol. The molecule has 1 aromatic heterocycles. The smallest absolute Gasteiger partial charge is 0.267 e. The molecular formula is C12H17ClN2O2. The number of nitrogens with one attached hydrogen (secondary N) is 1. The lowest BCUT2D eigenvalue weighted by Gasteiger charge is -2.08. The third-order valence-corrected chi connectivity index (χ3v) is 3.07. The molecule has 0 aliphatic heterocycles. The number of hydrogen-bond donors (Lipinski definition) is 2. The molecule has 0 aromatic carbocycles. The summed E-state index contributed by atoms with van der Waals surface area (Å²) in [7, 11) is 0. The lowest BCUT2D eigenvalue weighted by molar-refractivity contribution is 0.0942. The van der Waals surface area contributed by atoms with Crippen molar-refractivity contribution in [3.05, 3.63) is 23.0 Å². The number of carbonyl (C=O) groups excluding carboxylic acids is 1. The number of nitrogens with zero attached hydrogens (tertiary/aromatic N) is 1. The second-order valence-electron chi connectivity index (χ2n) is 4.37. The standard InChI is InChI=1S/C12H17ClN2O2/c13-9-7-11(15(8-9)10-3-4-10)12(17)14-5-1-2-6-16/h7-8,10,16H,1-6H2,(H,14,17). The molecule has 1 aliphatic carbocycles. The van der Waals surface area contributed by atoms with Gasteiger partial charge in [0.05, 0.1) is 5.02 Å². The minimum atomic E-state index is -0.0817. The van der Waals surface area contributed by atoms with Gasteiger partial charge >= 0.3 is 0 Å². The minimum Gasteiger partial charge on any atom is -0.396 e. The maximum Gasteiger partial charge on any atom is 0.267 e. The fourth-order valence-electron chi connectivity index (χ4n) is 1.81. The highest BCUT2D eigenvalue weighted by molar-refractivity contribution is 6.31. The van der Waals surface area contributed by atoms with Crippen LogP contribution in [0.15, 0.2) is 12.3 Å². The van der Waals surface area contributed by atoms with Gasteiger partial charge in [0.2, 0.25) is 0 Å². The van der Waals surface area contributed by atoms with Crippen molar-refractivity contribution in [3.63, 3.8) is 0 Å². The summed E-state index contributed by atoms with van der Waals surface area (Å²) >= 11 is 5.93. The van der Waals surface area contributed by atoms with Gasteiger partial charge in [0.1, 0.15) is 5.69 Å². The fraction of sp³-hybridized carbons (Fsp3) is 0.583. The number of rotatable bonds is 6. The molecule has 1 heterocycles. The number of halogens is 1. The number of unbranched alkanes of at least 4 members (excludes halogenated alkanes) is 1. The average molecular weight is 257 g/mol. The van der Waals surface area contributed by atoms with Gasteiger partial charge in [-0.25, -0.2) is 0 Å². The molecule has 5 heteroatoms. The van der Waals surface area contributed by atoms with E-state index < -0.39 is 0 Å². The van der Waals surface area contributed by atoms with Crippen molar-refractivity contribution in [2.45, 2.75) is 31.7 Å². The van der Waals surface area contributed by atoms with Crippen LogP contribution in [-0.2, 0) is 0 Å². The summed E-state index contributed by atoms with van der Waals surface area (Å²) in [6.45, 7) is 0.757. The minimum absolute atomic E-state index is 0.0817. The lowest BCUT2D eigenvalue weighted by Crippen LogP contribution is -2.26. The molecular weight excluding hydrogens is 240 g/mol. The van der Waals surface area contributed by atoms with Crippen LogP contribution in [0.1, 0.15) is 42.2 Å². The molecule has 0 unspecified atom stereocenters. The number of hydrogen-bond acceptors (Lipinski definition) is 2. The molecule has 0 bridgehead atoms. The van der Waals surface area contributed by atoms with E-state index in [4.69, 9.17) is 16.7 Å². The second kappa shape index (κ2) is 5.56. The van der Waals surface area contributed by atoms with E-state index in [-0.39, 0.29) is 12.5 Å². The Morgan fingerprint density at radius 1 is 1.53 bits per heavy atom. The van der Waals surface area contributed by atoms with E-state index in [0.29, 0.717) is 29.7 Å². The Hall–Kier alpha value is -1.00. The van der Waals surface area contributed by atoms with Crippen LogP contribution in [0, 0.1) is 0 Å². The maximum absolute atomic E-state index is 11.9. The molecule has 1 amide bonds. The van der Waals surface area contributed by atoms with Gasteiger partial charge in [0.25, 0.3) is 5.91 Å². The van der Waals surface area contributed by atoms with E-state index >= 15 is 0 Å². The summed E-state index contributed by atoms with van der Waals surface area (Å²) in [6, 6.07) is 2.15. The van der Waals surface area contributed by atoms with Crippen LogP contribution in [-0.4, -0.2) is 28.7 Å². The van der Waals surface area contributed by atoms with Crippen LogP contribution < -0.4 is 5.32 Å². The molecule has 0 spiro atoms. The predicted octanol–water partition coefficient (Wildman–Crippen LogP) is 1.98. The topological polar surface area (TPSA) is 54.3 Å². The van der Waals surface area contributed by atoms with Crippen molar-refractivity contribution >= 4 is 17.5 Å². The zero-order valence-electron chi connectivity index (χ0n) is 9.66. The highest BCUT2D eigenvalue weighted by atomic mass is 35.5. The molecule has 1 aliphatic rings. The van der Waals surface area contributed by atoms with E-state index in [1.807, 2.05) is 10.8 Å². The molecule has 17 heavy (non-hydrogen) atoms. The van der Waals surface area contributed by atoms with Gasteiger partial charge in [0, 0.05) is 25.4 Å². The van der Waals surface area contributed by atoms with Crippen molar-refractivity contribution in [1.82, 2.24) is 9.88 Å². The Bertz CT molecular complexity index is 399. The van der Waals surface area contributed by atoms with Gasteiger partial charge in [-0.2, -0.15) is 0 Å². The highest BCUT2D eigenvalue weighted by Gasteiger charge is 2.27. The largest absolute Gasteiger partial charge is 0.396 e. The van der Waals surface area contributed by atoms with Crippen molar-refractivity contribution < 1.29 is 9.90 Å². The summed E-state index contributed by atoms with van der Waals surface area (Å²) < 4.78 is 1.96. The van der Waals surface area contributed by atoms with Crippen LogP contribution in [0.2, 0.25) is 5.02 Å². The quantitative estimate of drug-likeness (QED) is 0.765. The van der Waals surface area contributed by atoms with Crippen molar-refractivity contribution in [2.24, 2.45) is 0 Å². The van der Waals surface area contributed by atoms with Crippen LogP contribution in [0.5, 0.6) is 0 Å². The molecule has 1 aromatic rings. The maximum atomic E-state index is 11.9. The SMILES string of the molecule is O=C(NCCCCO)c1cc(Cl)cn1C1CC1. The molecule has 2 rings (SSSR count). The fourth-order valence-corrected chi connectivity index (χ4v) is 2.02. The molecule has 0 atom stereocenters. The van der Waals surface area contributed by atoms with Crippen LogP contribution in [0.3, 0.4) is 0 Å². The zero-order chi connectivity index (χ0) is 12.3. The summed E-state index contributed by atoms with van der Waals surface area (Å²) in [5.41, 5.74) is 0.640. The molecule has 1 fully saturated rings. The van der Waals surface area contributed by atoms with Crippen molar-refractivity contribution in [2.75, 3.05) is 13.2 Å². The third-order valence-electron chi connectivity index (χ3n) is 2.86.